The van der Waals surface area contributed by atoms with Crippen molar-refractivity contribution in [1.29, 1.82) is 0 Å². The van der Waals surface area contributed by atoms with Crippen LogP contribution in [0.1, 0.15) is 57.8 Å². The van der Waals surface area contributed by atoms with Crippen molar-refractivity contribution in [3.63, 3.8) is 0 Å². The minimum atomic E-state index is 0.176. The molecule has 2 aliphatic carbocycles. The number of hydrogen-bond donors (Lipinski definition) is 1. The summed E-state index contributed by atoms with van der Waals surface area (Å²) in [6.07, 6.45) is 11.1. The summed E-state index contributed by atoms with van der Waals surface area (Å²) in [6, 6.07) is 0.176. The normalized spacial score (nSPS) is 39.4. The highest BCUT2D eigenvalue weighted by atomic mass is 16.5. The molecule has 3 fully saturated rings. The molecule has 1 amide bonds. The molecule has 4 heteroatoms. The van der Waals surface area contributed by atoms with Gasteiger partial charge in [-0.2, -0.15) is 0 Å². The number of nitrogens with two attached hydrogens (primary N) is 1. The van der Waals surface area contributed by atoms with E-state index in [0.29, 0.717) is 12.5 Å². The van der Waals surface area contributed by atoms with Crippen LogP contribution in [-0.4, -0.2) is 43.2 Å². The number of rotatable bonds is 3. The van der Waals surface area contributed by atoms with Gasteiger partial charge in [-0.1, -0.05) is 25.7 Å². The Hall–Kier alpha value is -0.610. The van der Waals surface area contributed by atoms with Crippen molar-refractivity contribution >= 4 is 5.91 Å². The van der Waals surface area contributed by atoms with Gasteiger partial charge in [0.1, 0.15) is 0 Å². The minimum absolute atomic E-state index is 0.176. The van der Waals surface area contributed by atoms with E-state index in [9.17, 15) is 4.79 Å². The Morgan fingerprint density at radius 2 is 1.86 bits per heavy atom. The van der Waals surface area contributed by atoms with Crippen LogP contribution in [0.5, 0.6) is 0 Å². The van der Waals surface area contributed by atoms with Gasteiger partial charge in [-0.25, -0.2) is 0 Å². The lowest BCUT2D eigenvalue weighted by Gasteiger charge is -2.43. The molecule has 0 spiro atoms. The molecule has 2 N–H and O–H groups in total. The first-order valence-electron chi connectivity index (χ1n) is 9.26. The molecule has 5 unspecified atom stereocenters. The first-order chi connectivity index (χ1) is 10.7. The van der Waals surface area contributed by atoms with Crippen molar-refractivity contribution in [3.8, 4) is 0 Å². The second-order valence-corrected chi connectivity index (χ2v) is 7.62. The molecular formula is C18H32N2O2. The quantitative estimate of drug-likeness (QED) is 0.872. The number of methoxy groups -OCH3 is 1. The molecule has 126 valence electrons. The van der Waals surface area contributed by atoms with Crippen LogP contribution in [0.2, 0.25) is 0 Å². The highest BCUT2D eigenvalue weighted by Crippen LogP contribution is 2.43. The van der Waals surface area contributed by atoms with Gasteiger partial charge in [-0.15, -0.1) is 0 Å². The topological polar surface area (TPSA) is 55.6 Å². The molecule has 0 bridgehead atoms. The number of likely N-dealkylation sites (tertiary alicyclic amines) is 1. The summed E-state index contributed by atoms with van der Waals surface area (Å²) < 4.78 is 5.47. The third-order valence-electron chi connectivity index (χ3n) is 6.45. The first kappa shape index (κ1) is 16.3. The molecule has 2 saturated carbocycles. The van der Waals surface area contributed by atoms with E-state index in [2.05, 4.69) is 4.90 Å². The van der Waals surface area contributed by atoms with Crippen LogP contribution >= 0.6 is 0 Å². The van der Waals surface area contributed by atoms with E-state index < -0.39 is 0 Å². The van der Waals surface area contributed by atoms with Crippen LogP contribution in [0.15, 0.2) is 0 Å². The maximum Gasteiger partial charge on any atom is 0.225 e. The molecule has 1 saturated heterocycles. The second-order valence-electron chi connectivity index (χ2n) is 7.62. The average Bonchev–Trinajstić information content (AvgIpc) is 2.60. The number of hydrogen-bond acceptors (Lipinski definition) is 3. The van der Waals surface area contributed by atoms with E-state index in [0.717, 1.165) is 44.1 Å². The summed E-state index contributed by atoms with van der Waals surface area (Å²) in [5.41, 5.74) is 5.93. The highest BCUT2D eigenvalue weighted by molar-refractivity contribution is 5.79. The van der Waals surface area contributed by atoms with E-state index >= 15 is 0 Å². The molecular weight excluding hydrogens is 276 g/mol. The summed E-state index contributed by atoms with van der Waals surface area (Å²) in [6.45, 7) is 1.38. The number of carbonyl (C=O) groups excluding carboxylic acids is 1. The van der Waals surface area contributed by atoms with Gasteiger partial charge in [0.15, 0.2) is 0 Å². The fourth-order valence-corrected chi connectivity index (χ4v) is 5.07. The minimum Gasteiger partial charge on any atom is -0.381 e. The summed E-state index contributed by atoms with van der Waals surface area (Å²) in [7, 11) is 1.76. The molecule has 0 aromatic carbocycles. The van der Waals surface area contributed by atoms with Crippen LogP contribution in [0.25, 0.3) is 0 Å². The lowest BCUT2D eigenvalue weighted by Crippen LogP contribution is -2.53. The van der Waals surface area contributed by atoms with Crippen LogP contribution in [-0.2, 0) is 9.53 Å². The number of fused-ring (bicyclic) bond motifs is 1. The number of ether oxygens (including phenoxy) is 1. The average molecular weight is 308 g/mol. The molecule has 0 aromatic rings. The smallest absolute Gasteiger partial charge is 0.225 e. The zero-order valence-electron chi connectivity index (χ0n) is 14.0. The first-order valence-corrected chi connectivity index (χ1v) is 9.26. The van der Waals surface area contributed by atoms with Gasteiger partial charge >= 0.3 is 0 Å². The highest BCUT2D eigenvalue weighted by Gasteiger charge is 2.39. The van der Waals surface area contributed by atoms with E-state index in [1.807, 2.05) is 0 Å². The standard InChI is InChI=1S/C18H32N2O2/c1-22-17-8-9-20(16(11-17)12-19)18(21)15-7-6-13-4-2-3-5-14(13)10-15/h13-17H,2-12,19H2,1H3. The van der Waals surface area contributed by atoms with Gasteiger partial charge in [0.25, 0.3) is 0 Å². The predicted molar refractivity (Wildman–Crippen MR) is 87.4 cm³/mol. The van der Waals surface area contributed by atoms with Gasteiger partial charge in [0, 0.05) is 32.2 Å². The monoisotopic (exact) mass is 308 g/mol. The van der Waals surface area contributed by atoms with Gasteiger partial charge < -0.3 is 15.4 Å². The lowest BCUT2D eigenvalue weighted by atomic mass is 9.67. The van der Waals surface area contributed by atoms with E-state index in [1.165, 1.54) is 32.1 Å². The largest absolute Gasteiger partial charge is 0.381 e. The van der Waals surface area contributed by atoms with Crippen molar-refractivity contribution in [2.45, 2.75) is 69.9 Å². The van der Waals surface area contributed by atoms with Crippen molar-refractivity contribution in [2.24, 2.45) is 23.5 Å². The second kappa shape index (κ2) is 7.31. The van der Waals surface area contributed by atoms with Gasteiger partial charge in [0.05, 0.1) is 6.10 Å². The van der Waals surface area contributed by atoms with Crippen LogP contribution < -0.4 is 5.73 Å². The number of nitrogens with zero attached hydrogens (tertiary/aromatic N) is 1. The molecule has 1 aliphatic heterocycles. The van der Waals surface area contributed by atoms with Gasteiger partial charge in [0.2, 0.25) is 5.91 Å². The third kappa shape index (κ3) is 3.33. The molecule has 1 heterocycles. The molecule has 0 aromatic heterocycles. The van der Waals surface area contributed by atoms with Crippen LogP contribution in [0.3, 0.4) is 0 Å². The molecule has 3 aliphatic rings. The number of amides is 1. The van der Waals surface area contributed by atoms with Crippen molar-refractivity contribution in [2.75, 3.05) is 20.2 Å². The van der Waals surface area contributed by atoms with Gasteiger partial charge in [-0.3, -0.25) is 4.79 Å². The van der Waals surface area contributed by atoms with Crippen molar-refractivity contribution in [1.82, 2.24) is 4.90 Å². The Balaban J connectivity index is 1.60. The summed E-state index contributed by atoms with van der Waals surface area (Å²) in [5, 5.41) is 0. The zero-order chi connectivity index (χ0) is 15.5. The Morgan fingerprint density at radius 1 is 1.09 bits per heavy atom. The fraction of sp³-hybridized carbons (Fsp3) is 0.944. The fourth-order valence-electron chi connectivity index (χ4n) is 5.07. The van der Waals surface area contributed by atoms with E-state index in [-0.39, 0.29) is 18.1 Å². The Bertz CT molecular complexity index is 387. The summed E-state index contributed by atoms with van der Waals surface area (Å²) >= 11 is 0. The van der Waals surface area contributed by atoms with Crippen molar-refractivity contribution in [3.05, 3.63) is 0 Å². The maximum atomic E-state index is 13.0. The molecule has 0 radical (unpaired) electrons. The molecule has 3 rings (SSSR count). The number of carbonyl (C=O) groups is 1. The third-order valence-corrected chi connectivity index (χ3v) is 6.45. The van der Waals surface area contributed by atoms with E-state index in [4.69, 9.17) is 10.5 Å². The van der Waals surface area contributed by atoms with Gasteiger partial charge in [-0.05, 0) is 43.9 Å². The Morgan fingerprint density at radius 3 is 2.59 bits per heavy atom. The summed E-state index contributed by atoms with van der Waals surface area (Å²) in [5.74, 6) is 2.35. The Kier molecular flexibility index (Phi) is 5.40. The summed E-state index contributed by atoms with van der Waals surface area (Å²) in [4.78, 5) is 15.1. The van der Waals surface area contributed by atoms with Crippen LogP contribution in [0, 0.1) is 17.8 Å². The molecule has 5 atom stereocenters. The Labute approximate surface area is 134 Å². The molecule has 4 nitrogen and oxygen atoms in total. The lowest BCUT2D eigenvalue weighted by molar-refractivity contribution is -0.143. The van der Waals surface area contributed by atoms with Crippen molar-refractivity contribution < 1.29 is 9.53 Å². The molecule has 22 heavy (non-hydrogen) atoms. The predicted octanol–water partition coefficient (Wildman–Crippen LogP) is 2.56. The zero-order valence-corrected chi connectivity index (χ0v) is 14.0. The number of piperidine rings is 1. The SMILES string of the molecule is COC1CCN(C(=O)C2CCC3CCCCC3C2)C(CN)C1. The van der Waals surface area contributed by atoms with E-state index in [1.54, 1.807) is 7.11 Å². The maximum absolute atomic E-state index is 13.0. The van der Waals surface area contributed by atoms with Crippen LogP contribution in [0.4, 0.5) is 0 Å².